The van der Waals surface area contributed by atoms with Crippen molar-refractivity contribution in [1.29, 1.82) is 0 Å². The van der Waals surface area contributed by atoms with E-state index in [0.29, 0.717) is 18.1 Å². The summed E-state index contributed by atoms with van der Waals surface area (Å²) in [4.78, 5) is 11.9. The summed E-state index contributed by atoms with van der Waals surface area (Å²) in [5, 5.41) is 9.33. The third kappa shape index (κ3) is 4.23. The fraction of sp³-hybridized carbons (Fsp3) is 0.111. The Morgan fingerprint density at radius 3 is 2.62 bits per heavy atom. The molecule has 0 atom stereocenters. The number of urea groups is 1. The van der Waals surface area contributed by atoms with Crippen LogP contribution in [0.4, 0.5) is 10.6 Å². The van der Waals surface area contributed by atoms with Gasteiger partial charge < -0.3 is 9.84 Å². The minimum absolute atomic E-state index is 0.310. The molecule has 0 radical (unpaired) electrons. The molecule has 2 N–H and O–H groups in total. The lowest BCUT2D eigenvalue weighted by molar-refractivity contribution is 0.252. The van der Waals surface area contributed by atoms with Gasteiger partial charge in [-0.05, 0) is 18.1 Å². The molecule has 3 aromatic rings. The van der Waals surface area contributed by atoms with E-state index in [2.05, 4.69) is 31.7 Å². The molecule has 0 saturated heterocycles. The summed E-state index contributed by atoms with van der Waals surface area (Å²) in [6, 6.07) is 18.9. The highest BCUT2D eigenvalue weighted by atomic mass is 79.9. The number of halogens is 1. The molecule has 2 amide bonds. The smallest absolute Gasteiger partial charge is 0.320 e. The van der Waals surface area contributed by atoms with Crippen molar-refractivity contribution in [2.24, 2.45) is 0 Å². The fourth-order valence-electron chi connectivity index (χ4n) is 2.24. The molecular formula is C18H16BrN3O2. The largest absolute Gasteiger partial charge is 0.354 e. The Balaban J connectivity index is 1.51. The summed E-state index contributed by atoms with van der Waals surface area (Å²) < 4.78 is 6.28. The minimum Gasteiger partial charge on any atom is -0.354 e. The van der Waals surface area contributed by atoms with Crippen molar-refractivity contribution < 1.29 is 9.32 Å². The van der Waals surface area contributed by atoms with E-state index >= 15 is 0 Å². The minimum atomic E-state index is -0.310. The Hall–Kier alpha value is -2.60. The summed E-state index contributed by atoms with van der Waals surface area (Å²) in [5.74, 6) is 0.992. The first kappa shape index (κ1) is 16.3. The maximum absolute atomic E-state index is 11.9. The fourth-order valence-corrected chi connectivity index (χ4v) is 2.73. The molecule has 1 heterocycles. The number of hydrogen-bond donors (Lipinski definition) is 2. The SMILES string of the molecule is O=C(NCCc1ccccc1Br)Nc1cc(-c2ccccc2)on1. The first-order valence-corrected chi connectivity index (χ1v) is 8.32. The molecule has 0 aliphatic rings. The van der Waals surface area contributed by atoms with E-state index in [9.17, 15) is 4.79 Å². The monoisotopic (exact) mass is 385 g/mol. The number of nitrogens with one attached hydrogen (secondary N) is 2. The third-order valence-corrected chi connectivity index (χ3v) is 4.22. The molecule has 6 heteroatoms. The van der Waals surface area contributed by atoms with Crippen molar-refractivity contribution in [2.75, 3.05) is 11.9 Å². The van der Waals surface area contributed by atoms with Crippen molar-refractivity contribution in [3.8, 4) is 11.3 Å². The van der Waals surface area contributed by atoms with E-state index < -0.39 is 0 Å². The van der Waals surface area contributed by atoms with Gasteiger partial charge >= 0.3 is 6.03 Å². The second kappa shape index (κ2) is 7.79. The second-order valence-corrected chi connectivity index (χ2v) is 6.02. The molecule has 0 aliphatic carbocycles. The van der Waals surface area contributed by atoms with Gasteiger partial charge in [-0.15, -0.1) is 0 Å². The van der Waals surface area contributed by atoms with E-state index in [1.165, 1.54) is 0 Å². The Morgan fingerprint density at radius 1 is 1.08 bits per heavy atom. The Morgan fingerprint density at radius 2 is 1.83 bits per heavy atom. The number of aromatic nitrogens is 1. The quantitative estimate of drug-likeness (QED) is 0.680. The molecule has 0 fully saturated rings. The lowest BCUT2D eigenvalue weighted by Gasteiger charge is -2.06. The van der Waals surface area contributed by atoms with Crippen molar-refractivity contribution >= 4 is 27.8 Å². The van der Waals surface area contributed by atoms with Gasteiger partial charge in [-0.25, -0.2) is 4.79 Å². The lowest BCUT2D eigenvalue weighted by Crippen LogP contribution is -2.30. The zero-order valence-corrected chi connectivity index (χ0v) is 14.4. The second-order valence-electron chi connectivity index (χ2n) is 5.16. The number of carbonyl (C=O) groups is 1. The average molecular weight is 386 g/mol. The highest BCUT2D eigenvalue weighted by Crippen LogP contribution is 2.21. The van der Waals surface area contributed by atoms with Crippen LogP contribution in [0.2, 0.25) is 0 Å². The molecule has 0 bridgehead atoms. The summed E-state index contributed by atoms with van der Waals surface area (Å²) in [5.41, 5.74) is 2.05. The van der Waals surface area contributed by atoms with Crippen molar-refractivity contribution in [3.05, 3.63) is 70.7 Å². The van der Waals surface area contributed by atoms with Crippen LogP contribution in [0.1, 0.15) is 5.56 Å². The van der Waals surface area contributed by atoms with Crippen LogP contribution in [0.5, 0.6) is 0 Å². The van der Waals surface area contributed by atoms with Gasteiger partial charge in [0.1, 0.15) is 0 Å². The van der Waals surface area contributed by atoms with Crippen LogP contribution in [0, 0.1) is 0 Å². The van der Waals surface area contributed by atoms with Crippen molar-refractivity contribution in [1.82, 2.24) is 10.5 Å². The topological polar surface area (TPSA) is 67.2 Å². The maximum atomic E-state index is 11.9. The number of hydrogen-bond acceptors (Lipinski definition) is 3. The lowest BCUT2D eigenvalue weighted by atomic mass is 10.1. The Kier molecular flexibility index (Phi) is 5.28. The number of rotatable bonds is 5. The molecule has 5 nitrogen and oxygen atoms in total. The van der Waals surface area contributed by atoms with Gasteiger partial charge in [0.05, 0.1) is 0 Å². The normalized spacial score (nSPS) is 10.4. The van der Waals surface area contributed by atoms with Crippen molar-refractivity contribution in [2.45, 2.75) is 6.42 Å². The average Bonchev–Trinajstić information content (AvgIpc) is 3.06. The molecule has 3 rings (SSSR count). The number of carbonyl (C=O) groups excluding carboxylic acids is 1. The standard InChI is InChI=1S/C18H16BrN3O2/c19-15-9-5-4-6-13(15)10-11-20-18(23)21-17-12-16(24-22-17)14-7-2-1-3-8-14/h1-9,12H,10-11H2,(H2,20,21,22,23). The van der Waals surface area contributed by atoms with Crippen LogP contribution in [-0.4, -0.2) is 17.7 Å². The summed E-state index contributed by atoms with van der Waals surface area (Å²) in [7, 11) is 0. The molecule has 2 aromatic carbocycles. The zero-order valence-electron chi connectivity index (χ0n) is 12.8. The number of amides is 2. The van der Waals surface area contributed by atoms with Gasteiger partial charge in [-0.3, -0.25) is 5.32 Å². The zero-order chi connectivity index (χ0) is 16.8. The van der Waals surface area contributed by atoms with E-state index in [-0.39, 0.29) is 6.03 Å². The van der Waals surface area contributed by atoms with Gasteiger partial charge in [0.25, 0.3) is 0 Å². The van der Waals surface area contributed by atoms with E-state index in [1.807, 2.05) is 54.6 Å². The predicted octanol–water partition coefficient (Wildman–Crippen LogP) is 4.47. The van der Waals surface area contributed by atoms with Crippen molar-refractivity contribution in [3.63, 3.8) is 0 Å². The Bertz CT molecular complexity index is 818. The summed E-state index contributed by atoms with van der Waals surface area (Å²) in [6.07, 6.45) is 0.739. The molecule has 122 valence electrons. The first-order chi connectivity index (χ1) is 11.7. The molecule has 0 saturated carbocycles. The molecule has 24 heavy (non-hydrogen) atoms. The van der Waals surface area contributed by atoms with Gasteiger partial charge in [0.15, 0.2) is 11.6 Å². The summed E-state index contributed by atoms with van der Waals surface area (Å²) >= 11 is 3.49. The van der Waals surface area contributed by atoms with Crippen LogP contribution in [0.3, 0.4) is 0 Å². The molecular weight excluding hydrogens is 370 g/mol. The highest BCUT2D eigenvalue weighted by Gasteiger charge is 2.09. The van der Waals surface area contributed by atoms with Crippen LogP contribution >= 0.6 is 15.9 Å². The van der Waals surface area contributed by atoms with E-state index in [0.717, 1.165) is 22.0 Å². The highest BCUT2D eigenvalue weighted by molar-refractivity contribution is 9.10. The number of benzene rings is 2. The van der Waals surface area contributed by atoms with Gasteiger partial charge in [-0.2, -0.15) is 0 Å². The molecule has 0 spiro atoms. The van der Waals surface area contributed by atoms with Gasteiger partial charge in [0, 0.05) is 22.6 Å². The number of anilines is 1. The van der Waals surface area contributed by atoms with Crippen LogP contribution < -0.4 is 10.6 Å². The molecule has 1 aromatic heterocycles. The van der Waals surface area contributed by atoms with Gasteiger partial charge in [-0.1, -0.05) is 69.6 Å². The molecule has 0 unspecified atom stereocenters. The maximum Gasteiger partial charge on any atom is 0.320 e. The van der Waals surface area contributed by atoms with Crippen LogP contribution in [0.15, 0.2) is 69.7 Å². The predicted molar refractivity (Wildman–Crippen MR) is 96.8 cm³/mol. The van der Waals surface area contributed by atoms with Crippen LogP contribution in [0.25, 0.3) is 11.3 Å². The molecule has 0 aliphatic heterocycles. The van der Waals surface area contributed by atoms with Crippen LogP contribution in [-0.2, 0) is 6.42 Å². The van der Waals surface area contributed by atoms with Gasteiger partial charge in [0.2, 0.25) is 0 Å². The number of nitrogens with zero attached hydrogens (tertiary/aromatic N) is 1. The first-order valence-electron chi connectivity index (χ1n) is 7.53. The Labute approximate surface area is 148 Å². The third-order valence-electron chi connectivity index (χ3n) is 3.45. The summed E-state index contributed by atoms with van der Waals surface area (Å²) in [6.45, 7) is 0.526. The van der Waals surface area contributed by atoms with E-state index in [1.54, 1.807) is 6.07 Å². The van der Waals surface area contributed by atoms with E-state index in [4.69, 9.17) is 4.52 Å².